The van der Waals surface area contributed by atoms with Crippen LogP contribution in [0.5, 0.6) is 0 Å². The van der Waals surface area contributed by atoms with Crippen LogP contribution in [0.25, 0.3) is 0 Å². The Morgan fingerprint density at radius 1 is 1.33 bits per heavy atom. The van der Waals surface area contributed by atoms with Crippen LogP contribution in [0.2, 0.25) is 0 Å². The number of aromatic nitrogens is 1. The van der Waals surface area contributed by atoms with Crippen molar-refractivity contribution in [2.45, 2.75) is 37.1 Å². The van der Waals surface area contributed by atoms with Crippen molar-refractivity contribution in [3.05, 3.63) is 41.6 Å². The fraction of sp³-hybridized carbons (Fsp3) is 0.500. The van der Waals surface area contributed by atoms with Crippen LogP contribution in [0, 0.1) is 17.8 Å². The minimum Gasteiger partial charge on any atom is -0.352 e. The van der Waals surface area contributed by atoms with Crippen LogP contribution in [-0.4, -0.2) is 28.1 Å². The molecule has 5 atom stereocenters. The molecule has 1 saturated heterocycles. The summed E-state index contributed by atoms with van der Waals surface area (Å²) in [6, 6.07) is 3.95. The molecule has 5 unspecified atom stereocenters. The maximum atomic E-state index is 12.5. The first kappa shape index (κ1) is 15.7. The molecule has 1 saturated carbocycles. The second kappa shape index (κ2) is 6.59. The Morgan fingerprint density at radius 2 is 2.17 bits per heavy atom. The summed E-state index contributed by atoms with van der Waals surface area (Å²) in [4.78, 5) is 28.7. The number of rotatable bonds is 3. The second-order valence-electron chi connectivity index (χ2n) is 6.82. The van der Waals surface area contributed by atoms with Crippen LogP contribution in [0.3, 0.4) is 0 Å². The van der Waals surface area contributed by atoms with E-state index in [0.717, 1.165) is 24.8 Å². The number of amides is 2. The molecule has 3 heterocycles. The predicted molar refractivity (Wildman–Crippen MR) is 92.9 cm³/mol. The van der Waals surface area contributed by atoms with Crippen molar-refractivity contribution in [2.75, 3.05) is 0 Å². The lowest BCUT2D eigenvalue weighted by Gasteiger charge is -2.44. The third kappa shape index (κ3) is 2.95. The standard InChI is InChI=1S/C18H21N3O2S/c22-17(20-10-11-3-6-19-7-4-11)12-1-2-13-15(9-12)21-18(23)14-5-8-24-16(13)14/h3-8,12-16H,1-2,9-10H2,(H,20,22)(H,21,23). The quantitative estimate of drug-likeness (QED) is 0.879. The van der Waals surface area contributed by atoms with Gasteiger partial charge in [0.15, 0.2) is 0 Å². The first-order chi connectivity index (χ1) is 11.7. The van der Waals surface area contributed by atoms with E-state index < -0.39 is 0 Å². The minimum absolute atomic E-state index is 0.00991. The zero-order valence-electron chi connectivity index (χ0n) is 13.4. The molecular formula is C18H21N3O2S. The van der Waals surface area contributed by atoms with E-state index in [0.29, 0.717) is 17.7 Å². The molecular weight excluding hydrogens is 322 g/mol. The molecule has 0 aromatic carbocycles. The van der Waals surface area contributed by atoms with E-state index in [1.165, 1.54) is 0 Å². The van der Waals surface area contributed by atoms with Crippen molar-refractivity contribution in [1.29, 1.82) is 0 Å². The second-order valence-corrected chi connectivity index (χ2v) is 7.91. The van der Waals surface area contributed by atoms with Gasteiger partial charge in [0.2, 0.25) is 11.8 Å². The third-order valence-electron chi connectivity index (χ3n) is 5.42. The minimum atomic E-state index is -0.00991. The topological polar surface area (TPSA) is 71.1 Å². The Bertz CT molecular complexity index is 663. The van der Waals surface area contributed by atoms with E-state index >= 15 is 0 Å². The van der Waals surface area contributed by atoms with Crippen LogP contribution in [0.15, 0.2) is 36.0 Å². The summed E-state index contributed by atoms with van der Waals surface area (Å²) in [6.45, 7) is 0.531. The SMILES string of the molecule is O=C(NCc1ccncc1)C1CCC2C(C1)NC(=O)C1C=CSC12. The summed E-state index contributed by atoms with van der Waals surface area (Å²) in [6.07, 6.45) is 8.15. The highest BCUT2D eigenvalue weighted by Gasteiger charge is 2.47. The largest absolute Gasteiger partial charge is 0.352 e. The van der Waals surface area contributed by atoms with Crippen molar-refractivity contribution in [2.24, 2.45) is 17.8 Å². The Morgan fingerprint density at radius 3 is 3.00 bits per heavy atom. The summed E-state index contributed by atoms with van der Waals surface area (Å²) in [5, 5.41) is 8.61. The van der Waals surface area contributed by atoms with E-state index in [-0.39, 0.29) is 29.7 Å². The van der Waals surface area contributed by atoms with E-state index in [9.17, 15) is 9.59 Å². The normalized spacial score (nSPS) is 34.2. The van der Waals surface area contributed by atoms with Gasteiger partial charge in [-0.05, 0) is 48.3 Å². The fourth-order valence-corrected chi connectivity index (χ4v) is 5.48. The number of fused-ring (bicyclic) bond motifs is 3. The lowest BCUT2D eigenvalue weighted by molar-refractivity contribution is -0.131. The number of piperidine rings is 1. The molecule has 3 aliphatic rings. The van der Waals surface area contributed by atoms with Crippen molar-refractivity contribution in [1.82, 2.24) is 15.6 Å². The van der Waals surface area contributed by atoms with Crippen LogP contribution in [-0.2, 0) is 16.1 Å². The maximum Gasteiger partial charge on any atom is 0.228 e. The highest BCUT2D eigenvalue weighted by Crippen LogP contribution is 2.45. The molecule has 5 nitrogen and oxygen atoms in total. The molecule has 2 aliphatic heterocycles. The average molecular weight is 343 g/mol. The van der Waals surface area contributed by atoms with Gasteiger partial charge in [-0.2, -0.15) is 0 Å². The zero-order chi connectivity index (χ0) is 16.5. The number of hydrogen-bond acceptors (Lipinski definition) is 4. The monoisotopic (exact) mass is 343 g/mol. The van der Waals surface area contributed by atoms with Gasteiger partial charge in [0.05, 0.1) is 5.92 Å². The average Bonchev–Trinajstić information content (AvgIpc) is 3.11. The highest BCUT2D eigenvalue weighted by molar-refractivity contribution is 8.03. The number of carbonyl (C=O) groups excluding carboxylic acids is 2. The molecule has 24 heavy (non-hydrogen) atoms. The van der Waals surface area contributed by atoms with Crippen LogP contribution < -0.4 is 10.6 Å². The summed E-state index contributed by atoms with van der Waals surface area (Å²) in [7, 11) is 0. The summed E-state index contributed by atoms with van der Waals surface area (Å²) >= 11 is 1.79. The maximum absolute atomic E-state index is 12.5. The molecule has 4 rings (SSSR count). The van der Waals surface area contributed by atoms with Crippen LogP contribution in [0.4, 0.5) is 0 Å². The molecule has 0 radical (unpaired) electrons. The Kier molecular flexibility index (Phi) is 4.31. The van der Waals surface area contributed by atoms with Gasteiger partial charge in [-0.3, -0.25) is 14.6 Å². The molecule has 0 spiro atoms. The summed E-state index contributed by atoms with van der Waals surface area (Å²) in [5.41, 5.74) is 1.05. The van der Waals surface area contributed by atoms with Gasteiger partial charge in [0.1, 0.15) is 0 Å². The highest BCUT2D eigenvalue weighted by atomic mass is 32.2. The molecule has 126 valence electrons. The van der Waals surface area contributed by atoms with Crippen molar-refractivity contribution in [3.63, 3.8) is 0 Å². The van der Waals surface area contributed by atoms with Gasteiger partial charge in [0, 0.05) is 36.1 Å². The van der Waals surface area contributed by atoms with Crippen LogP contribution in [0.1, 0.15) is 24.8 Å². The van der Waals surface area contributed by atoms with Crippen molar-refractivity contribution in [3.8, 4) is 0 Å². The molecule has 2 amide bonds. The molecule has 1 aromatic rings. The number of hydrogen-bond donors (Lipinski definition) is 2. The van der Waals surface area contributed by atoms with Gasteiger partial charge in [-0.1, -0.05) is 6.08 Å². The van der Waals surface area contributed by atoms with E-state index in [1.54, 1.807) is 24.2 Å². The predicted octanol–water partition coefficient (Wildman–Crippen LogP) is 1.86. The summed E-state index contributed by atoms with van der Waals surface area (Å²) in [5.74, 6) is 0.716. The van der Waals surface area contributed by atoms with Crippen LogP contribution >= 0.6 is 11.8 Å². The molecule has 2 fully saturated rings. The molecule has 0 bridgehead atoms. The Hall–Kier alpha value is -1.82. The number of pyridine rings is 1. The first-order valence-corrected chi connectivity index (χ1v) is 9.46. The number of nitrogens with zero attached hydrogens (tertiary/aromatic N) is 1. The van der Waals surface area contributed by atoms with Crippen molar-refractivity contribution < 1.29 is 9.59 Å². The molecule has 1 aliphatic carbocycles. The van der Waals surface area contributed by atoms with Crippen molar-refractivity contribution >= 4 is 23.6 Å². The van der Waals surface area contributed by atoms with Gasteiger partial charge in [0.25, 0.3) is 0 Å². The lowest BCUT2D eigenvalue weighted by atomic mass is 9.71. The van der Waals surface area contributed by atoms with E-state index in [1.807, 2.05) is 18.2 Å². The van der Waals surface area contributed by atoms with E-state index in [2.05, 4.69) is 21.0 Å². The first-order valence-electron chi connectivity index (χ1n) is 8.51. The molecule has 1 aromatic heterocycles. The Labute approximate surface area is 145 Å². The third-order valence-corrected chi connectivity index (χ3v) is 6.69. The lowest BCUT2D eigenvalue weighted by Crippen LogP contribution is -2.57. The fourth-order valence-electron chi connectivity index (χ4n) is 4.12. The number of nitrogens with one attached hydrogen (secondary N) is 2. The van der Waals surface area contributed by atoms with Gasteiger partial charge in [-0.15, -0.1) is 11.8 Å². The zero-order valence-corrected chi connectivity index (χ0v) is 14.2. The molecule has 6 heteroatoms. The Balaban J connectivity index is 1.36. The van der Waals surface area contributed by atoms with Gasteiger partial charge in [-0.25, -0.2) is 0 Å². The number of carbonyl (C=O) groups is 2. The van der Waals surface area contributed by atoms with E-state index in [4.69, 9.17) is 0 Å². The number of thioether (sulfide) groups is 1. The smallest absolute Gasteiger partial charge is 0.228 e. The van der Waals surface area contributed by atoms with Gasteiger partial charge < -0.3 is 10.6 Å². The summed E-state index contributed by atoms with van der Waals surface area (Å²) < 4.78 is 0. The van der Waals surface area contributed by atoms with Gasteiger partial charge >= 0.3 is 0 Å². The molecule has 2 N–H and O–H groups in total.